The van der Waals surface area contributed by atoms with Crippen molar-refractivity contribution in [2.45, 2.75) is 21.8 Å². The topological polar surface area (TPSA) is 80.5 Å². The minimum Gasteiger partial charge on any atom is -0.278 e. The lowest BCUT2D eigenvalue weighted by atomic mass is 10.3. The van der Waals surface area contributed by atoms with E-state index in [1.165, 1.54) is 22.2 Å². The maximum atomic E-state index is 12.6. The van der Waals surface area contributed by atoms with Crippen LogP contribution < -0.4 is 10.3 Å². The van der Waals surface area contributed by atoms with Gasteiger partial charge in [0.1, 0.15) is 9.86 Å². The summed E-state index contributed by atoms with van der Waals surface area (Å²) in [5, 5.41) is 1.72. The molecular weight excluding hydrogens is 426 g/mol. The molecule has 0 atom stereocenters. The zero-order chi connectivity index (χ0) is 20.4. The molecule has 1 N–H and O–H groups in total. The Hall–Kier alpha value is -2.62. The fourth-order valence-corrected chi connectivity index (χ4v) is 5.86. The van der Waals surface area contributed by atoms with Crippen molar-refractivity contribution in [3.8, 4) is 0 Å². The van der Waals surface area contributed by atoms with Crippen LogP contribution >= 0.6 is 23.1 Å². The lowest BCUT2D eigenvalue weighted by Crippen LogP contribution is -2.15. The molecule has 0 aliphatic carbocycles. The van der Waals surface area contributed by atoms with E-state index in [4.69, 9.17) is 0 Å². The van der Waals surface area contributed by atoms with Crippen LogP contribution in [0, 0.1) is 6.92 Å². The first-order chi connectivity index (χ1) is 13.9. The van der Waals surface area contributed by atoms with Crippen LogP contribution in [0.15, 0.2) is 80.1 Å². The molecule has 0 fully saturated rings. The number of thioether (sulfide) groups is 1. The van der Waals surface area contributed by atoms with Gasteiger partial charge in [-0.2, -0.15) is 0 Å². The highest BCUT2D eigenvalue weighted by Crippen LogP contribution is 2.31. The molecule has 148 valence electrons. The largest absolute Gasteiger partial charge is 0.278 e. The highest BCUT2D eigenvalue weighted by Gasteiger charge is 2.17. The Kier molecular flexibility index (Phi) is 5.44. The van der Waals surface area contributed by atoms with Gasteiger partial charge in [-0.3, -0.25) is 13.9 Å². The van der Waals surface area contributed by atoms with E-state index in [-0.39, 0.29) is 9.77 Å². The lowest BCUT2D eigenvalue weighted by molar-refractivity contribution is 0.603. The van der Waals surface area contributed by atoms with E-state index in [1.807, 2.05) is 31.2 Å². The summed E-state index contributed by atoms with van der Waals surface area (Å²) in [6, 6.07) is 15.7. The van der Waals surface area contributed by atoms with Crippen molar-refractivity contribution in [2.24, 2.45) is 0 Å². The van der Waals surface area contributed by atoms with Gasteiger partial charge in [-0.1, -0.05) is 24.3 Å². The summed E-state index contributed by atoms with van der Waals surface area (Å²) in [5.74, 6) is 0.442. The molecule has 0 unspecified atom stereocenters. The van der Waals surface area contributed by atoms with E-state index in [1.54, 1.807) is 35.8 Å². The van der Waals surface area contributed by atoms with E-state index in [0.29, 0.717) is 22.8 Å². The Labute approximate surface area is 176 Å². The number of aromatic nitrogens is 2. The van der Waals surface area contributed by atoms with Crippen LogP contribution in [0.3, 0.4) is 0 Å². The quantitative estimate of drug-likeness (QED) is 0.453. The number of rotatable bonds is 6. The minimum absolute atomic E-state index is 0.138. The van der Waals surface area contributed by atoms with E-state index >= 15 is 0 Å². The Balaban J connectivity index is 1.59. The number of sulfonamides is 1. The number of para-hydroxylation sites is 1. The highest BCUT2D eigenvalue weighted by atomic mass is 32.2. The van der Waals surface area contributed by atoms with Crippen molar-refractivity contribution in [2.75, 3.05) is 4.72 Å². The molecule has 0 aliphatic heterocycles. The first-order valence-electron chi connectivity index (χ1n) is 8.70. The number of pyridine rings is 1. The third-order valence-corrected chi connectivity index (χ3v) is 8.08. The van der Waals surface area contributed by atoms with Crippen molar-refractivity contribution in [1.29, 1.82) is 0 Å². The molecule has 0 amide bonds. The number of nitrogens with zero attached hydrogens (tertiary/aromatic N) is 2. The maximum absolute atomic E-state index is 12.6. The second-order valence-corrected chi connectivity index (χ2v) is 10.2. The molecule has 0 saturated heterocycles. The zero-order valence-electron chi connectivity index (χ0n) is 15.4. The van der Waals surface area contributed by atoms with Gasteiger partial charge >= 0.3 is 0 Å². The lowest BCUT2D eigenvalue weighted by Gasteiger charge is -2.11. The molecule has 4 rings (SSSR count). The third-order valence-electron chi connectivity index (χ3n) is 4.21. The van der Waals surface area contributed by atoms with Crippen LogP contribution in [0.25, 0.3) is 5.65 Å². The number of hydrogen-bond acceptors (Lipinski definition) is 6. The number of anilines is 1. The van der Waals surface area contributed by atoms with Crippen molar-refractivity contribution in [3.05, 3.63) is 87.8 Å². The normalized spacial score (nSPS) is 11.6. The molecule has 0 spiro atoms. The van der Waals surface area contributed by atoms with Gasteiger partial charge in [0, 0.05) is 22.9 Å². The Morgan fingerprint density at radius 3 is 2.76 bits per heavy atom. The van der Waals surface area contributed by atoms with Crippen molar-refractivity contribution in [3.63, 3.8) is 0 Å². The molecule has 0 saturated carbocycles. The second kappa shape index (κ2) is 8.02. The van der Waals surface area contributed by atoms with Gasteiger partial charge in [-0.05, 0) is 42.1 Å². The van der Waals surface area contributed by atoms with E-state index in [2.05, 4.69) is 9.71 Å². The van der Waals surface area contributed by atoms with Crippen LogP contribution in [-0.4, -0.2) is 17.8 Å². The number of fused-ring (bicyclic) bond motifs is 1. The monoisotopic (exact) mass is 443 g/mol. The van der Waals surface area contributed by atoms with Crippen LogP contribution in [0.1, 0.15) is 11.3 Å². The van der Waals surface area contributed by atoms with Gasteiger partial charge in [0.15, 0.2) is 0 Å². The smallest absolute Gasteiger partial charge is 0.271 e. The fraction of sp³-hybridized carbons (Fsp3) is 0.100. The molecule has 3 aromatic heterocycles. The Morgan fingerprint density at radius 2 is 1.97 bits per heavy atom. The summed E-state index contributed by atoms with van der Waals surface area (Å²) in [6.07, 6.45) is 1.70. The summed E-state index contributed by atoms with van der Waals surface area (Å²) >= 11 is 2.59. The Bertz CT molecular complexity index is 1330. The first kappa shape index (κ1) is 19.7. The third kappa shape index (κ3) is 4.21. The molecule has 0 aliphatic rings. The summed E-state index contributed by atoms with van der Waals surface area (Å²) in [5.41, 5.74) is 2.55. The molecule has 4 aromatic rings. The SMILES string of the molecule is Cc1cccn2c(=O)cc(CSc3ccccc3NS(=O)(=O)c3cccs3)nc12. The maximum Gasteiger partial charge on any atom is 0.271 e. The molecule has 0 radical (unpaired) electrons. The van der Waals surface area contributed by atoms with Gasteiger partial charge in [0.2, 0.25) is 0 Å². The molecule has 0 bridgehead atoms. The molecule has 9 heteroatoms. The Morgan fingerprint density at radius 1 is 1.14 bits per heavy atom. The van der Waals surface area contributed by atoms with Crippen LogP contribution in [0.5, 0.6) is 0 Å². The predicted octanol–water partition coefficient (Wildman–Crippen LogP) is 4.16. The van der Waals surface area contributed by atoms with Crippen molar-refractivity contribution in [1.82, 2.24) is 9.38 Å². The number of benzene rings is 1. The molecule has 3 heterocycles. The summed E-state index contributed by atoms with van der Waals surface area (Å²) in [7, 11) is -3.63. The van der Waals surface area contributed by atoms with E-state index in [0.717, 1.165) is 21.8 Å². The van der Waals surface area contributed by atoms with Gasteiger partial charge in [0.05, 0.1) is 11.4 Å². The van der Waals surface area contributed by atoms with Crippen LogP contribution in [0.4, 0.5) is 5.69 Å². The first-order valence-corrected chi connectivity index (χ1v) is 12.0. The molecule has 29 heavy (non-hydrogen) atoms. The number of aryl methyl sites for hydroxylation is 1. The predicted molar refractivity (Wildman–Crippen MR) is 117 cm³/mol. The summed E-state index contributed by atoms with van der Waals surface area (Å²) in [4.78, 5) is 17.7. The standard InChI is InChI=1S/C20H17N3O3S3/c1-14-6-4-10-23-18(24)12-15(21-20(14)23)13-28-17-8-3-2-7-16(17)22-29(25,26)19-9-5-11-27-19/h2-12,22H,13H2,1H3. The van der Waals surface area contributed by atoms with Crippen LogP contribution in [-0.2, 0) is 15.8 Å². The minimum atomic E-state index is -3.63. The molecular formula is C20H17N3O3S3. The summed E-state index contributed by atoms with van der Waals surface area (Å²) in [6.45, 7) is 1.91. The average Bonchev–Trinajstić information content (AvgIpc) is 3.24. The fourth-order valence-electron chi connectivity index (χ4n) is 2.82. The molecule has 6 nitrogen and oxygen atoms in total. The van der Waals surface area contributed by atoms with Gasteiger partial charge in [0.25, 0.3) is 15.6 Å². The number of hydrogen-bond donors (Lipinski definition) is 1. The molecule has 1 aromatic carbocycles. The van der Waals surface area contributed by atoms with Gasteiger partial charge in [-0.25, -0.2) is 13.4 Å². The summed E-state index contributed by atoms with van der Waals surface area (Å²) < 4.78 is 29.5. The van der Waals surface area contributed by atoms with Crippen LogP contribution in [0.2, 0.25) is 0 Å². The average molecular weight is 444 g/mol. The van der Waals surface area contributed by atoms with Gasteiger partial charge in [-0.15, -0.1) is 23.1 Å². The number of nitrogens with one attached hydrogen (secondary N) is 1. The highest BCUT2D eigenvalue weighted by molar-refractivity contribution is 7.99. The van der Waals surface area contributed by atoms with Crippen molar-refractivity contribution < 1.29 is 8.42 Å². The number of thiophene rings is 1. The van der Waals surface area contributed by atoms with Gasteiger partial charge < -0.3 is 0 Å². The van der Waals surface area contributed by atoms with Crippen molar-refractivity contribution >= 4 is 44.5 Å². The zero-order valence-corrected chi connectivity index (χ0v) is 17.9. The van der Waals surface area contributed by atoms with E-state index < -0.39 is 10.0 Å². The second-order valence-electron chi connectivity index (χ2n) is 6.29. The van der Waals surface area contributed by atoms with E-state index in [9.17, 15) is 13.2 Å².